The van der Waals surface area contributed by atoms with Crippen molar-refractivity contribution in [1.82, 2.24) is 0 Å². The van der Waals surface area contributed by atoms with Crippen LogP contribution < -0.4 is 5.11 Å². The number of quaternary nitrogens is 1. The number of esters is 2. The quantitative estimate of drug-likeness (QED) is 0.0195. The van der Waals surface area contributed by atoms with Crippen LogP contribution in [0.3, 0.4) is 0 Å². The molecule has 0 aliphatic rings. The molecule has 0 aromatic heterocycles. The number of unbranched alkanes of at least 4 members (excludes halogenated alkanes) is 31. The highest BCUT2D eigenvalue weighted by molar-refractivity contribution is 5.70. The highest BCUT2D eigenvalue weighted by Crippen LogP contribution is 2.17. The molecule has 0 rings (SSSR count). The lowest BCUT2D eigenvalue weighted by molar-refractivity contribution is -0.870. The van der Waals surface area contributed by atoms with E-state index >= 15 is 0 Å². The number of carboxylic acids is 1. The third-order valence-corrected chi connectivity index (χ3v) is 15.0. The zero-order valence-corrected chi connectivity index (χ0v) is 55.7. The molecule has 0 heterocycles. The fourth-order valence-electron chi connectivity index (χ4n) is 9.67. The van der Waals surface area contributed by atoms with Crippen LogP contribution in [0.2, 0.25) is 0 Å². The monoisotopic (exact) mass is 1190 g/mol. The number of nitrogens with zero attached hydrogens (tertiary/aromatic N) is 1. The summed E-state index contributed by atoms with van der Waals surface area (Å²) < 4.78 is 22.7. The Balaban J connectivity index is 4.12. The van der Waals surface area contributed by atoms with E-state index in [4.69, 9.17) is 18.9 Å². The van der Waals surface area contributed by atoms with Crippen LogP contribution in [0, 0.1) is 0 Å². The average Bonchev–Trinajstić information content (AvgIpc) is 3.49. The van der Waals surface area contributed by atoms with Gasteiger partial charge in [-0.1, -0.05) is 290 Å². The van der Waals surface area contributed by atoms with Crippen LogP contribution in [0.4, 0.5) is 0 Å². The molecular formula is C76H131NO8. The lowest BCUT2D eigenvalue weighted by atomic mass is 10.0. The van der Waals surface area contributed by atoms with E-state index in [1.165, 1.54) is 173 Å². The van der Waals surface area contributed by atoms with Gasteiger partial charge in [-0.3, -0.25) is 9.59 Å². The first-order chi connectivity index (χ1) is 41.6. The molecule has 0 amide bonds. The zero-order chi connectivity index (χ0) is 61.9. The van der Waals surface area contributed by atoms with E-state index < -0.39 is 24.3 Å². The molecule has 0 aliphatic heterocycles. The van der Waals surface area contributed by atoms with Crippen LogP contribution >= 0.6 is 0 Å². The molecule has 0 spiro atoms. The number of carbonyl (C=O) groups excluding carboxylic acids is 3. The van der Waals surface area contributed by atoms with E-state index in [0.29, 0.717) is 17.4 Å². The van der Waals surface area contributed by atoms with Crippen LogP contribution in [0.5, 0.6) is 0 Å². The highest BCUT2D eigenvalue weighted by Gasteiger charge is 2.22. The normalized spacial score (nSPS) is 13.4. The second-order valence-corrected chi connectivity index (χ2v) is 24.4. The zero-order valence-electron chi connectivity index (χ0n) is 55.7. The number of likely N-dealkylation sites (N-methyl/N-ethyl adjacent to an activating group) is 1. The summed E-state index contributed by atoms with van der Waals surface area (Å²) in [5.41, 5.74) is 0. The number of ether oxygens (including phenoxy) is 4. The summed E-state index contributed by atoms with van der Waals surface area (Å²) in [6.07, 6.45) is 89.0. The fourth-order valence-corrected chi connectivity index (χ4v) is 9.67. The van der Waals surface area contributed by atoms with Gasteiger partial charge in [0, 0.05) is 12.8 Å². The van der Waals surface area contributed by atoms with Gasteiger partial charge >= 0.3 is 11.9 Å². The van der Waals surface area contributed by atoms with Gasteiger partial charge in [0.2, 0.25) is 0 Å². The molecule has 0 bridgehead atoms. The summed E-state index contributed by atoms with van der Waals surface area (Å²) in [6, 6.07) is 0. The molecule has 2 atom stereocenters. The first-order valence-corrected chi connectivity index (χ1v) is 35.0. The molecule has 0 radical (unpaired) electrons. The van der Waals surface area contributed by atoms with Gasteiger partial charge in [0.1, 0.15) is 13.2 Å². The minimum Gasteiger partial charge on any atom is -0.545 e. The molecule has 0 N–H and O–H groups in total. The van der Waals surface area contributed by atoms with Crippen molar-refractivity contribution in [2.24, 2.45) is 0 Å². The molecule has 0 aromatic rings. The van der Waals surface area contributed by atoms with Gasteiger partial charge in [-0.2, -0.15) is 0 Å². The van der Waals surface area contributed by atoms with Crippen molar-refractivity contribution >= 4 is 17.9 Å². The molecule has 0 aromatic carbocycles. The molecule has 85 heavy (non-hydrogen) atoms. The number of carbonyl (C=O) groups is 3. The lowest BCUT2D eigenvalue weighted by Crippen LogP contribution is -2.44. The van der Waals surface area contributed by atoms with Crippen molar-refractivity contribution in [3.63, 3.8) is 0 Å². The van der Waals surface area contributed by atoms with Crippen molar-refractivity contribution in [2.45, 2.75) is 309 Å². The summed E-state index contributed by atoms with van der Waals surface area (Å²) in [5, 5.41) is 11.8. The van der Waals surface area contributed by atoms with Gasteiger partial charge in [0.25, 0.3) is 0 Å². The Labute approximate surface area is 524 Å². The van der Waals surface area contributed by atoms with Crippen LogP contribution in [-0.2, 0) is 33.3 Å². The molecule has 0 saturated carbocycles. The molecule has 0 aliphatic carbocycles. The highest BCUT2D eigenvalue weighted by atomic mass is 16.7. The van der Waals surface area contributed by atoms with Gasteiger partial charge in [-0.05, 0) is 103 Å². The summed E-state index contributed by atoms with van der Waals surface area (Å²) >= 11 is 0. The maximum absolute atomic E-state index is 12.9. The maximum Gasteiger partial charge on any atom is 0.306 e. The Hall–Kier alpha value is -4.05. The summed E-state index contributed by atoms with van der Waals surface area (Å²) in [7, 11) is 5.91. The van der Waals surface area contributed by atoms with Gasteiger partial charge in [-0.25, -0.2) is 0 Å². The topological polar surface area (TPSA) is 111 Å². The Bertz CT molecular complexity index is 1760. The van der Waals surface area contributed by atoms with Crippen molar-refractivity contribution in [3.8, 4) is 0 Å². The van der Waals surface area contributed by atoms with Crippen LogP contribution in [0.1, 0.15) is 296 Å². The molecule has 488 valence electrons. The van der Waals surface area contributed by atoms with Crippen molar-refractivity contribution in [1.29, 1.82) is 0 Å². The Morgan fingerprint density at radius 1 is 0.365 bits per heavy atom. The average molecular weight is 1190 g/mol. The van der Waals surface area contributed by atoms with E-state index in [1.807, 2.05) is 21.1 Å². The van der Waals surface area contributed by atoms with Gasteiger partial charge in [0.05, 0.1) is 40.3 Å². The van der Waals surface area contributed by atoms with Crippen LogP contribution in [0.15, 0.2) is 109 Å². The van der Waals surface area contributed by atoms with Crippen LogP contribution in [0.25, 0.3) is 0 Å². The van der Waals surface area contributed by atoms with Crippen molar-refractivity contribution < 1.29 is 42.9 Å². The van der Waals surface area contributed by atoms with Gasteiger partial charge in [-0.15, -0.1) is 0 Å². The third-order valence-electron chi connectivity index (χ3n) is 15.0. The van der Waals surface area contributed by atoms with Crippen molar-refractivity contribution in [3.05, 3.63) is 109 Å². The molecule has 9 heteroatoms. The molecular weight excluding hydrogens is 1050 g/mol. The number of hydrogen-bond donors (Lipinski definition) is 0. The summed E-state index contributed by atoms with van der Waals surface area (Å²) in [4.78, 5) is 37.5. The van der Waals surface area contributed by atoms with E-state index in [9.17, 15) is 19.5 Å². The number of aliphatic carboxylic acids is 1. The number of allylic oxidation sites excluding steroid dienone is 18. The molecule has 9 nitrogen and oxygen atoms in total. The maximum atomic E-state index is 12.9. The molecule has 0 saturated heterocycles. The number of carboxylic acid groups (broad SMARTS) is 1. The SMILES string of the molecule is CC/C=C\C/C=C\C/C=C\C/C=C\C/C=C\C/C=C\C/C=C\CCCCCC(=O)OC(COC(=O)CCCCCCCCCCCCCCCCCCCCCCCCC/C=C\C/C=C\CCCCCCC)COC(OCC[N+](C)(C)C)C(=O)[O-]. The van der Waals surface area contributed by atoms with Gasteiger partial charge < -0.3 is 33.3 Å². The van der Waals surface area contributed by atoms with Crippen molar-refractivity contribution in [2.75, 3.05) is 47.5 Å². The first kappa shape index (κ1) is 81.0. The van der Waals surface area contributed by atoms with Crippen LogP contribution in [-0.4, -0.2) is 82.3 Å². The predicted molar refractivity (Wildman–Crippen MR) is 361 cm³/mol. The lowest BCUT2D eigenvalue weighted by Gasteiger charge is -2.26. The first-order valence-electron chi connectivity index (χ1n) is 35.0. The Morgan fingerprint density at radius 3 is 1.01 bits per heavy atom. The molecule has 0 fully saturated rings. The smallest absolute Gasteiger partial charge is 0.306 e. The Morgan fingerprint density at radius 2 is 0.671 bits per heavy atom. The van der Waals surface area contributed by atoms with E-state index in [1.54, 1.807) is 0 Å². The fraction of sp³-hybridized carbons (Fsp3) is 0.724. The minimum absolute atomic E-state index is 0.136. The number of rotatable bonds is 64. The second-order valence-electron chi connectivity index (χ2n) is 24.4. The predicted octanol–water partition coefficient (Wildman–Crippen LogP) is 20.5. The van der Waals surface area contributed by atoms with E-state index in [-0.39, 0.29) is 38.6 Å². The van der Waals surface area contributed by atoms with E-state index in [0.717, 1.165) is 89.9 Å². The minimum atomic E-state index is -1.64. The Kier molecular flexibility index (Phi) is 62.8. The second kappa shape index (κ2) is 65.9. The third kappa shape index (κ3) is 67.3. The molecule has 2 unspecified atom stereocenters. The number of hydrogen-bond acceptors (Lipinski definition) is 8. The van der Waals surface area contributed by atoms with Gasteiger partial charge in [0.15, 0.2) is 12.4 Å². The van der Waals surface area contributed by atoms with E-state index in [2.05, 4.69) is 123 Å². The summed E-state index contributed by atoms with van der Waals surface area (Å²) in [5.74, 6) is -2.33. The standard InChI is InChI=1S/C76H131NO8/c1-6-8-10-12-14-16-18-20-22-24-26-28-30-32-33-34-35-36-37-38-39-40-41-43-44-46-48-50-52-54-56-58-60-62-64-66-73(78)83-70-72(71-84-76(75(80)81)82-69-68-77(3,4)5)85-74(79)67-65-63-61-59-57-55-53-51-49-47-45-42-31-29-27-25-23-21-19-17-15-13-11-9-7-2/h9,11,15,17-18,20-21,23-24,26-27,29,42,45,49,51,55,57,72,76H,6-8,10,12-14,16,19,22,25,28,30-41,43-44,46-48,50,52-54,56,58-71H2,1-5H3/b11-9-,17-15-,20-18-,23-21-,26-24-,29-27-,45-42-,51-49-,57-55-. The largest absolute Gasteiger partial charge is 0.545 e. The summed E-state index contributed by atoms with van der Waals surface area (Å²) in [6.45, 7) is 4.60.